The Labute approximate surface area is 339 Å². The number of aryl methyl sites for hydroxylation is 1. The summed E-state index contributed by atoms with van der Waals surface area (Å²) in [6.07, 6.45) is 36.5. The number of alkyl halides is 4. The maximum absolute atomic E-state index is 12.6. The summed E-state index contributed by atoms with van der Waals surface area (Å²) in [7, 11) is -3.49. The highest BCUT2D eigenvalue weighted by Gasteiger charge is 2.22. The summed E-state index contributed by atoms with van der Waals surface area (Å²) in [6.45, 7) is 8.31. The maximum Gasteiger partial charge on any atom is 0.243 e. The fourth-order valence-corrected chi connectivity index (χ4v) is 6.23. The van der Waals surface area contributed by atoms with Gasteiger partial charge in [-0.05, 0) is 70.0 Å². The van der Waals surface area contributed by atoms with E-state index < -0.39 is 10.0 Å². The van der Waals surface area contributed by atoms with Crippen molar-refractivity contribution in [3.8, 4) is 0 Å². The lowest BCUT2D eigenvalue weighted by Crippen LogP contribution is -2.31. The maximum atomic E-state index is 12.6. The zero-order valence-electron chi connectivity index (χ0n) is 29.0. The van der Waals surface area contributed by atoms with Crippen LogP contribution in [0.3, 0.4) is 0 Å². The summed E-state index contributed by atoms with van der Waals surface area (Å²) >= 11 is 30.0. The molecule has 0 fully saturated rings. The minimum Gasteiger partial charge on any atom is -0.310 e. The topological polar surface area (TPSA) is 49.4 Å². The predicted octanol–water partition coefficient (Wildman–Crippen LogP) is 12.1. The first-order valence-electron chi connectivity index (χ1n) is 16.1. The first-order valence-corrected chi connectivity index (χ1v) is 21.4. The third-order valence-corrected chi connectivity index (χ3v) is 9.93. The zero-order chi connectivity index (χ0) is 37.5. The Morgan fingerprint density at radius 3 is 1.94 bits per heavy atom. The van der Waals surface area contributed by atoms with Crippen molar-refractivity contribution in [1.29, 1.82) is 0 Å². The molecular weight excluding hydrogens is 862 g/mol. The van der Waals surface area contributed by atoms with Gasteiger partial charge in [0.1, 0.15) is 0 Å². The summed E-state index contributed by atoms with van der Waals surface area (Å²) in [5.41, 5.74) is 1.03. The molecule has 2 atom stereocenters. The molecule has 2 heterocycles. The smallest absolute Gasteiger partial charge is 0.243 e. The Morgan fingerprint density at radius 1 is 0.760 bits per heavy atom. The van der Waals surface area contributed by atoms with Crippen LogP contribution in [0.15, 0.2) is 149 Å². The Balaban J connectivity index is 0.000000687. The number of allylic oxidation sites excluding steroid dienone is 16. The van der Waals surface area contributed by atoms with Gasteiger partial charge in [-0.3, -0.25) is 0 Å². The van der Waals surface area contributed by atoms with Crippen LogP contribution in [-0.2, 0) is 10.0 Å². The lowest BCUT2D eigenvalue weighted by atomic mass is 10.2. The Hall–Kier alpha value is -1.39. The van der Waals surface area contributed by atoms with Gasteiger partial charge in [0, 0.05) is 46.9 Å². The standard InChI is InChI=1S/C15H16ClNO2S.C8H11Br2Cl.C8H10ClN.C8H13Cl/c1-13-7-9-15(10-8-13)20(18,19)17-11-3-2-5-14(16)6-4-12-17;9-6-2-1-4-8(11)5-3-7-10;9-8-4-1-2-6-10-7-3-5-8;1-3-5-7-8(9)6-4-2/h2-10H,11-12H2,1H3;1-3,5,8H,4,6-7H2;1-5,10H,6-7H2;3-6,8H,7H2,1-2H3/b3-2+,6-4+,14-5+;2-1+,5-3+;2-1+,5-3?,8-4?;5-3+,6-4+. The third-order valence-electron chi connectivity index (χ3n) is 6.19. The van der Waals surface area contributed by atoms with E-state index in [1.54, 1.807) is 54.6 Å². The molecule has 11 heteroatoms. The lowest BCUT2D eigenvalue weighted by Gasteiger charge is -2.19. The molecule has 0 amide bonds. The largest absolute Gasteiger partial charge is 0.310 e. The predicted molar refractivity (Wildman–Crippen MR) is 231 cm³/mol. The summed E-state index contributed by atoms with van der Waals surface area (Å²) in [6, 6.07) is 6.87. The number of rotatable bonds is 10. The van der Waals surface area contributed by atoms with E-state index in [-0.39, 0.29) is 10.8 Å². The van der Waals surface area contributed by atoms with E-state index in [1.165, 1.54) is 4.31 Å². The van der Waals surface area contributed by atoms with Crippen molar-refractivity contribution in [2.45, 2.75) is 49.3 Å². The molecule has 4 nitrogen and oxygen atoms in total. The Bertz CT molecular complexity index is 1460. The molecule has 0 saturated heterocycles. The molecule has 1 aromatic rings. The molecule has 1 N–H and O–H groups in total. The second-order valence-corrected chi connectivity index (χ2v) is 15.6. The van der Waals surface area contributed by atoms with E-state index in [0.29, 0.717) is 23.0 Å². The highest BCUT2D eigenvalue weighted by molar-refractivity contribution is 9.09. The van der Waals surface area contributed by atoms with Gasteiger partial charge in [-0.15, -0.1) is 23.2 Å². The van der Waals surface area contributed by atoms with E-state index in [0.717, 1.165) is 47.2 Å². The molecule has 3 rings (SSSR count). The number of nitrogens with zero attached hydrogens (tertiary/aromatic N) is 1. The fourth-order valence-electron chi connectivity index (χ4n) is 3.63. The number of benzene rings is 1. The highest BCUT2D eigenvalue weighted by Crippen LogP contribution is 2.17. The third kappa shape index (κ3) is 26.4. The summed E-state index contributed by atoms with van der Waals surface area (Å²) in [4.78, 5) is 0.309. The highest BCUT2D eigenvalue weighted by atomic mass is 79.9. The summed E-state index contributed by atoms with van der Waals surface area (Å²) < 4.78 is 26.5. The van der Waals surface area contributed by atoms with E-state index in [1.807, 2.05) is 81.5 Å². The van der Waals surface area contributed by atoms with Gasteiger partial charge in [-0.25, -0.2) is 8.42 Å². The molecule has 50 heavy (non-hydrogen) atoms. The van der Waals surface area contributed by atoms with Crippen LogP contribution in [0.5, 0.6) is 0 Å². The molecule has 0 radical (unpaired) electrons. The van der Waals surface area contributed by atoms with E-state index in [9.17, 15) is 8.42 Å². The number of sulfonamides is 1. The van der Waals surface area contributed by atoms with E-state index >= 15 is 0 Å². The van der Waals surface area contributed by atoms with Gasteiger partial charge in [0.25, 0.3) is 0 Å². The molecular formula is C39H50Br2Cl4N2O2S. The van der Waals surface area contributed by atoms with Crippen molar-refractivity contribution in [1.82, 2.24) is 9.62 Å². The molecule has 2 aliphatic rings. The van der Waals surface area contributed by atoms with Crippen LogP contribution in [0.1, 0.15) is 32.3 Å². The van der Waals surface area contributed by atoms with Crippen LogP contribution >= 0.6 is 78.3 Å². The normalized spacial score (nSPS) is 19.7. The molecule has 1 aromatic carbocycles. The van der Waals surface area contributed by atoms with Gasteiger partial charge in [0.15, 0.2) is 0 Å². The number of halogens is 6. The van der Waals surface area contributed by atoms with Crippen LogP contribution in [0.4, 0.5) is 0 Å². The van der Waals surface area contributed by atoms with Gasteiger partial charge < -0.3 is 5.32 Å². The van der Waals surface area contributed by atoms with Gasteiger partial charge in [0.05, 0.1) is 15.6 Å². The van der Waals surface area contributed by atoms with Crippen molar-refractivity contribution < 1.29 is 8.42 Å². The molecule has 0 aromatic heterocycles. The van der Waals surface area contributed by atoms with Gasteiger partial charge in [0.2, 0.25) is 10.0 Å². The van der Waals surface area contributed by atoms with Gasteiger partial charge in [-0.2, -0.15) is 4.31 Å². The van der Waals surface area contributed by atoms with Crippen LogP contribution in [-0.4, -0.2) is 60.3 Å². The van der Waals surface area contributed by atoms with Crippen molar-refractivity contribution in [3.63, 3.8) is 0 Å². The average molecular weight is 913 g/mol. The molecule has 2 unspecified atom stereocenters. The number of hydrogen-bond donors (Lipinski definition) is 1. The first-order chi connectivity index (χ1) is 24.0. The SMILES string of the molecule is C/C=C/CC(Cl)/C=C/C.Cc1ccc(S(=O)(=O)N2C/C=C/C=C(Cl)\C=C\C2)cc1.ClC(/C=C/CBr)C/C=C/CBr.ClC1=C/C=C/CNCC=C1. The van der Waals surface area contributed by atoms with Crippen molar-refractivity contribution in [3.05, 3.63) is 149 Å². The average Bonchev–Trinajstić information content (AvgIpc) is 3.29. The molecule has 0 saturated carbocycles. The minimum absolute atomic E-state index is 0.128. The molecule has 0 aliphatic carbocycles. The molecule has 276 valence electrons. The Morgan fingerprint density at radius 2 is 1.32 bits per heavy atom. The number of hydrogen-bond acceptors (Lipinski definition) is 3. The van der Waals surface area contributed by atoms with Crippen LogP contribution < -0.4 is 5.32 Å². The number of nitrogens with one attached hydrogen (secondary N) is 1. The fraction of sp³-hybridized carbons (Fsp3) is 0.333. The lowest BCUT2D eigenvalue weighted by molar-refractivity contribution is 0.474. The van der Waals surface area contributed by atoms with Crippen molar-refractivity contribution in [2.75, 3.05) is 36.8 Å². The van der Waals surface area contributed by atoms with E-state index in [4.69, 9.17) is 46.4 Å². The monoisotopic (exact) mass is 908 g/mol. The Kier molecular flexibility index (Phi) is 31.4. The van der Waals surface area contributed by atoms with Crippen LogP contribution in [0.25, 0.3) is 0 Å². The zero-order valence-corrected chi connectivity index (χ0v) is 36.0. The summed E-state index contributed by atoms with van der Waals surface area (Å²) in [5.74, 6) is 0. The van der Waals surface area contributed by atoms with Gasteiger partial charge >= 0.3 is 0 Å². The molecule has 0 spiro atoms. The van der Waals surface area contributed by atoms with Crippen molar-refractivity contribution >= 4 is 88.3 Å². The van der Waals surface area contributed by atoms with Crippen LogP contribution in [0, 0.1) is 6.92 Å². The van der Waals surface area contributed by atoms with Crippen molar-refractivity contribution in [2.24, 2.45) is 0 Å². The summed E-state index contributed by atoms with van der Waals surface area (Å²) in [5, 5.41) is 6.61. The quantitative estimate of drug-likeness (QED) is 0.188. The minimum atomic E-state index is -3.49. The molecule has 2 aliphatic heterocycles. The van der Waals surface area contributed by atoms with Gasteiger partial charge in [-0.1, -0.05) is 158 Å². The second-order valence-electron chi connectivity index (χ2n) is 10.4. The first kappa shape index (κ1) is 48.6. The second kappa shape index (κ2) is 32.3. The van der Waals surface area contributed by atoms with E-state index in [2.05, 4.69) is 55.4 Å². The van der Waals surface area contributed by atoms with Crippen LogP contribution in [0.2, 0.25) is 0 Å². The molecule has 0 bridgehead atoms.